The Balaban J connectivity index is 0.994. The summed E-state index contributed by atoms with van der Waals surface area (Å²) in [6.45, 7) is 9.47. The van der Waals surface area contributed by atoms with Crippen molar-refractivity contribution in [2.45, 2.75) is 57.8 Å². The molecular formula is C40H43F3N8O5S. The van der Waals surface area contributed by atoms with Gasteiger partial charge < -0.3 is 20.3 Å². The Morgan fingerprint density at radius 1 is 1.00 bits per heavy atom. The highest BCUT2D eigenvalue weighted by Gasteiger charge is 2.51. The maximum atomic E-state index is 13.8. The third-order valence-electron chi connectivity index (χ3n) is 10.3. The first-order valence-corrected chi connectivity index (χ1v) is 19.0. The Labute approximate surface area is 333 Å². The average Bonchev–Trinajstić information content (AvgIpc) is 3.34. The second-order valence-corrected chi connectivity index (χ2v) is 14.9. The summed E-state index contributed by atoms with van der Waals surface area (Å²) in [6.07, 6.45) is -3.53. The number of hydrogen-bond acceptors (Lipinski definition) is 10. The minimum Gasteiger partial charge on any atom is -0.492 e. The quantitative estimate of drug-likeness (QED) is 0.169. The Morgan fingerprint density at radius 2 is 1.70 bits per heavy atom. The number of hydrogen-bond donors (Lipinski definition) is 3. The van der Waals surface area contributed by atoms with Crippen molar-refractivity contribution >= 4 is 63.7 Å². The van der Waals surface area contributed by atoms with Gasteiger partial charge in [-0.2, -0.15) is 18.4 Å². The van der Waals surface area contributed by atoms with Crippen molar-refractivity contribution in [3.05, 3.63) is 77.4 Å². The topological polar surface area (TPSA) is 150 Å². The fourth-order valence-corrected chi connectivity index (χ4v) is 7.68. The molecule has 3 aromatic carbocycles. The van der Waals surface area contributed by atoms with Crippen LogP contribution in [0.2, 0.25) is 0 Å². The summed E-state index contributed by atoms with van der Waals surface area (Å²) in [5.74, 6) is -0.640. The van der Waals surface area contributed by atoms with Gasteiger partial charge in [0.15, 0.2) is 5.11 Å². The monoisotopic (exact) mass is 804 g/mol. The molecule has 3 fully saturated rings. The van der Waals surface area contributed by atoms with Gasteiger partial charge in [-0.3, -0.25) is 39.2 Å². The molecule has 3 aliphatic rings. The first-order valence-electron chi connectivity index (χ1n) is 18.6. The van der Waals surface area contributed by atoms with E-state index >= 15 is 0 Å². The highest BCUT2D eigenvalue weighted by molar-refractivity contribution is 7.81. The molecule has 3 aromatic rings. The predicted molar refractivity (Wildman–Crippen MR) is 212 cm³/mol. The highest BCUT2D eigenvalue weighted by atomic mass is 32.1. The third-order valence-corrected chi connectivity index (χ3v) is 10.6. The number of piperidine rings is 1. The molecule has 1 atom stereocenters. The van der Waals surface area contributed by atoms with Crippen LogP contribution in [0.4, 0.5) is 35.9 Å². The van der Waals surface area contributed by atoms with Gasteiger partial charge in [-0.1, -0.05) is 13.0 Å². The molecule has 3 heterocycles. The number of nitrogens with zero attached hydrogens (tertiary/aromatic N) is 5. The molecule has 17 heteroatoms. The molecule has 0 aromatic heterocycles. The van der Waals surface area contributed by atoms with Crippen LogP contribution in [-0.2, 0) is 31.8 Å². The van der Waals surface area contributed by atoms with Gasteiger partial charge in [0.1, 0.15) is 23.9 Å². The molecule has 0 radical (unpaired) electrons. The Hall–Kier alpha value is -5.57. The van der Waals surface area contributed by atoms with Gasteiger partial charge in [-0.25, -0.2) is 0 Å². The van der Waals surface area contributed by atoms with Crippen LogP contribution in [0, 0.1) is 11.3 Å². The summed E-state index contributed by atoms with van der Waals surface area (Å²) in [4.78, 5) is 57.1. The summed E-state index contributed by atoms with van der Waals surface area (Å²) in [5.41, 5.74) is -0.268. The Bertz CT molecular complexity index is 2110. The number of nitrogens with one attached hydrogen (secondary N) is 3. The van der Waals surface area contributed by atoms with E-state index in [1.807, 2.05) is 13.0 Å². The SMILES string of the molecule is CCc1cc(N2C(=S)N(c3ccc(C#N)c(C(F)(F)F)c3)C(=O)C2(C)C)ccc1OCCN1CCN(CC(=O)Nc2cccc(N[C@H]3CCC(=O)NC3=O)c2)CC1. The van der Waals surface area contributed by atoms with Gasteiger partial charge in [0.05, 0.1) is 29.4 Å². The minimum atomic E-state index is -4.79. The Morgan fingerprint density at radius 3 is 2.39 bits per heavy atom. The van der Waals surface area contributed by atoms with Crippen LogP contribution in [0.15, 0.2) is 60.7 Å². The maximum Gasteiger partial charge on any atom is 0.417 e. The number of amides is 4. The summed E-state index contributed by atoms with van der Waals surface area (Å²) in [7, 11) is 0. The molecule has 13 nitrogen and oxygen atoms in total. The molecule has 0 saturated carbocycles. The van der Waals surface area contributed by atoms with E-state index in [0.717, 1.165) is 35.7 Å². The number of anilines is 4. The molecular weight excluding hydrogens is 762 g/mol. The lowest BCUT2D eigenvalue weighted by atomic mass is 10.0. The number of carbonyl (C=O) groups is 4. The number of rotatable bonds is 12. The fraction of sp³-hybridized carbons (Fsp3) is 0.400. The molecule has 57 heavy (non-hydrogen) atoms. The van der Waals surface area contributed by atoms with E-state index in [-0.39, 0.29) is 41.5 Å². The van der Waals surface area contributed by atoms with Crippen molar-refractivity contribution in [3.63, 3.8) is 0 Å². The van der Waals surface area contributed by atoms with Crippen LogP contribution in [0.5, 0.6) is 5.75 Å². The van der Waals surface area contributed by atoms with Crippen molar-refractivity contribution in [3.8, 4) is 11.8 Å². The van der Waals surface area contributed by atoms with Crippen molar-refractivity contribution in [2.75, 3.05) is 66.3 Å². The number of ether oxygens (including phenoxy) is 1. The molecule has 0 spiro atoms. The molecule has 0 aliphatic carbocycles. The fourth-order valence-electron chi connectivity index (χ4n) is 7.16. The zero-order chi connectivity index (χ0) is 41.1. The van der Waals surface area contributed by atoms with Gasteiger partial charge in [-0.15, -0.1) is 0 Å². The van der Waals surface area contributed by atoms with Crippen LogP contribution >= 0.6 is 12.2 Å². The largest absolute Gasteiger partial charge is 0.492 e. The lowest BCUT2D eigenvalue weighted by Gasteiger charge is -2.34. The third kappa shape index (κ3) is 9.19. The first kappa shape index (κ1) is 41.1. The van der Waals surface area contributed by atoms with Crippen molar-refractivity contribution < 1.29 is 37.1 Å². The second kappa shape index (κ2) is 16.9. The van der Waals surface area contributed by atoms with Crippen LogP contribution in [-0.4, -0.2) is 96.0 Å². The molecule has 6 rings (SSSR count). The van der Waals surface area contributed by atoms with Gasteiger partial charge in [0.2, 0.25) is 17.7 Å². The van der Waals surface area contributed by atoms with E-state index in [1.165, 1.54) is 6.07 Å². The van der Waals surface area contributed by atoms with Gasteiger partial charge in [-0.05, 0) is 99.1 Å². The Kier molecular flexibility index (Phi) is 12.2. The number of alkyl halides is 3. The van der Waals surface area contributed by atoms with E-state index in [9.17, 15) is 37.6 Å². The van der Waals surface area contributed by atoms with Gasteiger partial charge in [0.25, 0.3) is 5.91 Å². The van der Waals surface area contributed by atoms with Crippen LogP contribution in [0.1, 0.15) is 50.3 Å². The first-order chi connectivity index (χ1) is 27.1. The number of nitriles is 1. The van der Waals surface area contributed by atoms with Crippen molar-refractivity contribution in [2.24, 2.45) is 0 Å². The number of halogens is 3. The number of carbonyl (C=O) groups excluding carboxylic acids is 4. The molecule has 4 amide bonds. The summed E-state index contributed by atoms with van der Waals surface area (Å²) in [6, 6.07) is 16.7. The van der Waals surface area contributed by atoms with Crippen LogP contribution in [0.3, 0.4) is 0 Å². The highest BCUT2D eigenvalue weighted by Crippen LogP contribution is 2.40. The van der Waals surface area contributed by atoms with E-state index < -0.39 is 34.8 Å². The summed E-state index contributed by atoms with van der Waals surface area (Å²) < 4.78 is 47.5. The van der Waals surface area contributed by atoms with Crippen molar-refractivity contribution in [1.29, 1.82) is 5.26 Å². The predicted octanol–water partition coefficient (Wildman–Crippen LogP) is 4.91. The molecule has 3 N–H and O–H groups in total. The van der Waals surface area contributed by atoms with Crippen LogP contribution < -0.4 is 30.5 Å². The average molecular weight is 805 g/mol. The number of piperazine rings is 1. The minimum absolute atomic E-state index is 0.0173. The molecule has 0 bridgehead atoms. The zero-order valence-electron chi connectivity index (χ0n) is 31.7. The van der Waals surface area contributed by atoms with Crippen molar-refractivity contribution in [1.82, 2.24) is 15.1 Å². The molecule has 3 saturated heterocycles. The second-order valence-electron chi connectivity index (χ2n) is 14.5. The number of thiocarbonyl (C=S) groups is 1. The molecule has 300 valence electrons. The number of benzene rings is 3. The summed E-state index contributed by atoms with van der Waals surface area (Å²) in [5, 5.41) is 17.6. The van der Waals surface area contributed by atoms with Gasteiger partial charge >= 0.3 is 6.18 Å². The summed E-state index contributed by atoms with van der Waals surface area (Å²) >= 11 is 5.70. The van der Waals surface area contributed by atoms with Gasteiger partial charge in [0, 0.05) is 56.2 Å². The van der Waals surface area contributed by atoms with E-state index in [4.69, 9.17) is 17.0 Å². The van der Waals surface area contributed by atoms with E-state index in [1.54, 1.807) is 61.2 Å². The smallest absolute Gasteiger partial charge is 0.417 e. The normalized spacial score (nSPS) is 19.0. The zero-order valence-corrected chi connectivity index (χ0v) is 32.6. The number of imide groups is 1. The molecule has 0 unspecified atom stereocenters. The molecule has 3 aliphatic heterocycles. The van der Waals surface area contributed by atoms with Crippen LogP contribution in [0.25, 0.3) is 0 Å². The number of aryl methyl sites for hydroxylation is 1. The lowest BCUT2D eigenvalue weighted by Crippen LogP contribution is -2.49. The van der Waals surface area contributed by atoms with E-state index in [2.05, 4.69) is 25.8 Å². The van der Waals surface area contributed by atoms with E-state index in [0.29, 0.717) is 61.9 Å². The standard InChI is InChI=1S/C40H43F3N8O5S/c1-4-25-20-30(51-38(57)50(37(55)39(51,2)3)29-9-8-26(23-44)31(22-29)40(41,42)43)10-12-33(25)56-19-18-48-14-16-49(17-15-48)24-35(53)46-28-7-5-6-27(21-28)45-32-11-13-34(52)47-36(32)54/h5-10,12,20-22,32,45H,4,11,13-19,24H2,1-3H3,(H,46,53)(H,47,52,54)/t32-/m0/s1. The lowest BCUT2D eigenvalue weighted by molar-refractivity contribution is -0.138. The maximum absolute atomic E-state index is 13.8.